The van der Waals surface area contributed by atoms with Gasteiger partial charge in [-0.05, 0) is 50.1 Å². The Labute approximate surface area is 136 Å². The fraction of sp³-hybridized carbons (Fsp3) is 0.579. The lowest BCUT2D eigenvalue weighted by Crippen LogP contribution is -2.63. The molecule has 1 saturated carbocycles. The molecule has 1 spiro atoms. The van der Waals surface area contributed by atoms with Crippen LogP contribution in [0.4, 0.5) is 0 Å². The van der Waals surface area contributed by atoms with Crippen LogP contribution in [0.2, 0.25) is 0 Å². The number of likely N-dealkylation sites (N-methyl/N-ethyl adjacent to an activating group) is 1. The summed E-state index contributed by atoms with van der Waals surface area (Å²) in [4.78, 5) is 27.1. The Kier molecular flexibility index (Phi) is 2.87. The first-order valence-electron chi connectivity index (χ1n) is 8.36. The minimum absolute atomic E-state index is 0.0570. The molecule has 3 atom stereocenters. The van der Waals surface area contributed by atoms with E-state index in [2.05, 4.69) is 11.8 Å². The van der Waals surface area contributed by atoms with E-state index in [1.165, 1.54) is 5.56 Å². The van der Waals surface area contributed by atoms with Crippen molar-refractivity contribution in [2.45, 2.75) is 45.1 Å². The second-order valence-electron chi connectivity index (χ2n) is 8.12. The fourth-order valence-corrected chi connectivity index (χ4v) is 5.10. The number of carbonyl (C=O) groups is 2. The largest absolute Gasteiger partial charge is 0.426 e. The number of hydrogen-bond donors (Lipinski definition) is 0. The number of Topliss-reactive ketones (excluding diaryl/α,β-unsaturated/α-hetero) is 1. The van der Waals surface area contributed by atoms with Gasteiger partial charge in [-0.25, -0.2) is 0 Å². The van der Waals surface area contributed by atoms with Gasteiger partial charge in [-0.3, -0.25) is 14.5 Å². The number of carbonyl (C=O) groups excluding carboxylic acids is 2. The smallest absolute Gasteiger partial charge is 0.313 e. The lowest BCUT2D eigenvalue weighted by molar-refractivity contribution is -0.137. The molecule has 4 nitrogen and oxygen atoms in total. The van der Waals surface area contributed by atoms with Crippen molar-refractivity contribution in [2.75, 3.05) is 13.6 Å². The van der Waals surface area contributed by atoms with Crippen molar-refractivity contribution in [3.63, 3.8) is 0 Å². The number of nitrogens with zero attached hydrogens (tertiary/aromatic N) is 1. The van der Waals surface area contributed by atoms with E-state index in [1.807, 2.05) is 39.1 Å². The standard InChI is InChI=1S/C19H23NO3/c1-11(2)17(22)23-13-6-5-12-8-19-9-18(3,14(12)7-13)16(21)15(19)20(4)10-19/h5-7,11,15H,8-10H2,1-4H3. The lowest BCUT2D eigenvalue weighted by atomic mass is 9.63. The van der Waals surface area contributed by atoms with Crippen LogP contribution in [-0.4, -0.2) is 36.3 Å². The molecule has 1 heterocycles. The van der Waals surface area contributed by atoms with Gasteiger partial charge in [0.25, 0.3) is 0 Å². The molecule has 1 aromatic rings. The summed E-state index contributed by atoms with van der Waals surface area (Å²) in [5.74, 6) is 0.486. The summed E-state index contributed by atoms with van der Waals surface area (Å²) >= 11 is 0. The van der Waals surface area contributed by atoms with Crippen molar-refractivity contribution in [3.05, 3.63) is 29.3 Å². The predicted octanol–water partition coefficient (Wildman–Crippen LogP) is 2.33. The Bertz CT molecular complexity index is 725. The molecule has 0 radical (unpaired) electrons. The summed E-state index contributed by atoms with van der Waals surface area (Å²) in [6.07, 6.45) is 1.87. The number of fused-ring (bicyclic) bond motifs is 3. The third kappa shape index (κ3) is 1.81. The van der Waals surface area contributed by atoms with Gasteiger partial charge in [0.05, 0.1) is 17.4 Å². The molecule has 23 heavy (non-hydrogen) atoms. The zero-order valence-electron chi connectivity index (χ0n) is 14.2. The van der Waals surface area contributed by atoms with Crippen LogP contribution in [0.5, 0.6) is 5.75 Å². The van der Waals surface area contributed by atoms with Gasteiger partial charge in [-0.2, -0.15) is 0 Å². The van der Waals surface area contributed by atoms with Gasteiger partial charge in [-0.1, -0.05) is 19.9 Å². The second kappa shape index (κ2) is 4.44. The number of ether oxygens (including phenoxy) is 1. The van der Waals surface area contributed by atoms with E-state index in [1.54, 1.807) is 0 Å². The number of benzene rings is 1. The Balaban J connectivity index is 1.74. The molecule has 3 aliphatic rings. The number of likely N-dealkylation sites (tertiary alicyclic amines) is 1. The van der Waals surface area contributed by atoms with Crippen LogP contribution in [0.1, 0.15) is 38.3 Å². The third-order valence-electron chi connectivity index (χ3n) is 5.99. The van der Waals surface area contributed by atoms with E-state index in [9.17, 15) is 9.59 Å². The van der Waals surface area contributed by atoms with Crippen molar-refractivity contribution in [1.29, 1.82) is 0 Å². The third-order valence-corrected chi connectivity index (χ3v) is 5.99. The van der Waals surface area contributed by atoms with Crippen molar-refractivity contribution in [2.24, 2.45) is 11.3 Å². The first-order valence-corrected chi connectivity index (χ1v) is 8.36. The summed E-state index contributed by atoms with van der Waals surface area (Å²) in [7, 11) is 2.04. The van der Waals surface area contributed by atoms with E-state index >= 15 is 0 Å². The zero-order chi connectivity index (χ0) is 16.6. The number of rotatable bonds is 2. The van der Waals surface area contributed by atoms with Crippen molar-refractivity contribution in [1.82, 2.24) is 4.90 Å². The van der Waals surface area contributed by atoms with E-state index in [4.69, 9.17) is 4.74 Å². The second-order valence-corrected chi connectivity index (χ2v) is 8.12. The molecule has 1 saturated heterocycles. The highest BCUT2D eigenvalue weighted by atomic mass is 16.5. The summed E-state index contributed by atoms with van der Waals surface area (Å²) < 4.78 is 5.46. The molecule has 1 aromatic carbocycles. The van der Waals surface area contributed by atoms with Crippen LogP contribution < -0.4 is 4.74 Å². The highest BCUT2D eigenvalue weighted by Crippen LogP contribution is 2.61. The first kappa shape index (κ1) is 14.9. The summed E-state index contributed by atoms with van der Waals surface area (Å²) in [6.45, 7) is 6.71. The van der Waals surface area contributed by atoms with E-state index < -0.39 is 5.41 Å². The topological polar surface area (TPSA) is 46.6 Å². The summed E-state index contributed by atoms with van der Waals surface area (Å²) in [5, 5.41) is 0. The maximum atomic E-state index is 13.0. The molecule has 0 amide bonds. The molecule has 1 aliphatic heterocycles. The Morgan fingerprint density at radius 3 is 2.78 bits per heavy atom. The maximum Gasteiger partial charge on any atom is 0.313 e. The zero-order valence-corrected chi connectivity index (χ0v) is 14.2. The van der Waals surface area contributed by atoms with Crippen LogP contribution >= 0.6 is 0 Å². The molecule has 0 aromatic heterocycles. The van der Waals surface area contributed by atoms with Crippen molar-refractivity contribution >= 4 is 11.8 Å². The molecular weight excluding hydrogens is 290 g/mol. The first-order chi connectivity index (χ1) is 10.8. The van der Waals surface area contributed by atoms with Gasteiger partial charge in [0, 0.05) is 12.0 Å². The van der Waals surface area contributed by atoms with Gasteiger partial charge in [0.1, 0.15) is 5.75 Å². The number of esters is 1. The van der Waals surface area contributed by atoms with Crippen LogP contribution in [0.25, 0.3) is 0 Å². The summed E-state index contributed by atoms with van der Waals surface area (Å²) in [5.41, 5.74) is 1.99. The Hall–Kier alpha value is -1.68. The average Bonchev–Trinajstić information content (AvgIpc) is 2.61. The highest BCUT2D eigenvalue weighted by molar-refractivity contribution is 6.00. The quantitative estimate of drug-likeness (QED) is 0.621. The van der Waals surface area contributed by atoms with Gasteiger partial charge in [-0.15, -0.1) is 0 Å². The van der Waals surface area contributed by atoms with Gasteiger partial charge in [0.2, 0.25) is 0 Å². The van der Waals surface area contributed by atoms with Crippen LogP contribution in [0.3, 0.4) is 0 Å². The summed E-state index contributed by atoms with van der Waals surface area (Å²) in [6, 6.07) is 5.89. The molecule has 2 bridgehead atoms. The highest BCUT2D eigenvalue weighted by Gasteiger charge is 2.68. The normalized spacial score (nSPS) is 34.8. The minimum atomic E-state index is -0.441. The van der Waals surface area contributed by atoms with Crippen molar-refractivity contribution in [3.8, 4) is 5.75 Å². The van der Waals surface area contributed by atoms with Gasteiger partial charge < -0.3 is 4.74 Å². The van der Waals surface area contributed by atoms with Crippen molar-refractivity contribution < 1.29 is 14.3 Å². The maximum absolute atomic E-state index is 13.0. The van der Waals surface area contributed by atoms with E-state index in [0.717, 1.165) is 24.9 Å². The Morgan fingerprint density at radius 2 is 2.13 bits per heavy atom. The molecule has 122 valence electrons. The molecule has 3 unspecified atom stereocenters. The van der Waals surface area contributed by atoms with Gasteiger partial charge in [0.15, 0.2) is 5.78 Å². The van der Waals surface area contributed by atoms with Crippen LogP contribution in [0.15, 0.2) is 18.2 Å². The van der Waals surface area contributed by atoms with E-state index in [0.29, 0.717) is 11.5 Å². The Morgan fingerprint density at radius 1 is 1.39 bits per heavy atom. The molecule has 0 N–H and O–H groups in total. The van der Waals surface area contributed by atoms with E-state index in [-0.39, 0.29) is 23.3 Å². The molecule has 4 heteroatoms. The monoisotopic (exact) mass is 313 g/mol. The minimum Gasteiger partial charge on any atom is -0.426 e. The number of ketones is 1. The van der Waals surface area contributed by atoms with Crippen LogP contribution in [0, 0.1) is 11.3 Å². The van der Waals surface area contributed by atoms with Gasteiger partial charge >= 0.3 is 5.97 Å². The fourth-order valence-electron chi connectivity index (χ4n) is 5.10. The lowest BCUT2D eigenvalue weighted by Gasteiger charge is -2.52. The molecule has 2 fully saturated rings. The predicted molar refractivity (Wildman–Crippen MR) is 86.4 cm³/mol. The molecule has 4 rings (SSSR count). The number of hydrogen-bond acceptors (Lipinski definition) is 4. The molecular formula is C19H23NO3. The average molecular weight is 313 g/mol. The molecule has 2 aliphatic carbocycles. The SMILES string of the molecule is CC(C)C(=O)Oc1ccc2c(c1)C1(C)CC3(C2)CN(C)C3C1=O. The van der Waals surface area contributed by atoms with Crippen LogP contribution in [-0.2, 0) is 21.4 Å².